The van der Waals surface area contributed by atoms with E-state index < -0.39 is 23.8 Å². The van der Waals surface area contributed by atoms with Gasteiger partial charge in [0.15, 0.2) is 10.4 Å². The Kier molecular flexibility index (Phi) is 40.5. The molecular formula is C77H97BrClN3O20. The van der Waals surface area contributed by atoms with E-state index in [1.807, 2.05) is 18.6 Å². The Morgan fingerprint density at radius 1 is 0.598 bits per heavy atom. The summed E-state index contributed by atoms with van der Waals surface area (Å²) in [4.78, 5) is 58.7. The van der Waals surface area contributed by atoms with Gasteiger partial charge >= 0.3 is 29.7 Å². The number of esters is 3. The number of halogens is 2. The molecule has 7 aromatic heterocycles. The number of benzene rings is 2. The quantitative estimate of drug-likeness (QED) is 0.0175. The third-order valence-electron chi connectivity index (χ3n) is 15.8. The van der Waals surface area contributed by atoms with Gasteiger partial charge in [-0.25, -0.2) is 9.59 Å². The molecule has 1 fully saturated rings. The molecule has 102 heavy (non-hydrogen) atoms. The molecule has 25 heteroatoms. The third-order valence-corrected chi connectivity index (χ3v) is 16.2. The summed E-state index contributed by atoms with van der Waals surface area (Å²) in [5, 5.41) is 37.9. The van der Waals surface area contributed by atoms with Crippen molar-refractivity contribution in [1.29, 1.82) is 0 Å². The topological polar surface area (TPSA) is 314 Å². The first-order valence-corrected chi connectivity index (χ1v) is 35.5. The number of nitrogens with one attached hydrogen (secondary N) is 1. The number of nitrogens with zero attached hydrogens (tertiary/aromatic N) is 2. The van der Waals surface area contributed by atoms with Gasteiger partial charge in [-0.15, -0.1) is 11.6 Å². The Balaban J connectivity index is 0.000000212. The monoisotopic (exact) mass is 1500 g/mol. The lowest BCUT2D eigenvalue weighted by Crippen LogP contribution is -2.25. The number of carbonyl (C=O) groups is 5. The van der Waals surface area contributed by atoms with Crippen LogP contribution in [0.3, 0.4) is 0 Å². The summed E-state index contributed by atoms with van der Waals surface area (Å²) in [6.07, 6.45) is 20.2. The summed E-state index contributed by atoms with van der Waals surface area (Å²) in [5.41, 5.74) is 8.56. The van der Waals surface area contributed by atoms with Crippen molar-refractivity contribution in [3.05, 3.63) is 237 Å². The molecule has 2 unspecified atom stereocenters. The molecule has 9 aromatic rings. The first-order valence-electron chi connectivity index (χ1n) is 34.0. The number of carboxylic acid groups (broad SMARTS) is 1. The second-order valence-corrected chi connectivity index (χ2v) is 23.8. The van der Waals surface area contributed by atoms with Crippen LogP contribution in [-0.4, -0.2) is 152 Å². The number of hydrogen-bond acceptors (Lipinski definition) is 22. The van der Waals surface area contributed by atoms with Crippen molar-refractivity contribution >= 4 is 57.2 Å². The van der Waals surface area contributed by atoms with Crippen molar-refractivity contribution in [2.75, 3.05) is 85.8 Å². The summed E-state index contributed by atoms with van der Waals surface area (Å²) in [5.74, 6) is 0.830. The fourth-order valence-electron chi connectivity index (χ4n) is 10.6. The van der Waals surface area contributed by atoms with E-state index >= 15 is 0 Å². The summed E-state index contributed by atoms with van der Waals surface area (Å²) in [6.45, 7) is 15.9. The number of rotatable bonds is 18. The van der Waals surface area contributed by atoms with Gasteiger partial charge in [0, 0.05) is 96.7 Å². The number of furan rings is 7. The molecule has 23 nitrogen and oxygen atoms in total. The predicted octanol–water partition coefficient (Wildman–Crippen LogP) is 12.4. The number of alkyl halides is 1. The minimum absolute atomic E-state index is 0.0349. The summed E-state index contributed by atoms with van der Waals surface area (Å²) in [7, 11) is 1.31. The fraction of sp³-hybridized carbons (Fsp3) is 0.416. The molecule has 5 N–H and O–H groups in total. The second-order valence-electron chi connectivity index (χ2n) is 23.0. The zero-order chi connectivity index (χ0) is 73.7. The number of ether oxygens (including phenoxy) is 4. The van der Waals surface area contributed by atoms with Crippen molar-refractivity contribution in [3.63, 3.8) is 0 Å². The number of Topliss-reactive ketones (excluding diaryl/α,β-unsaturated/α-hetero) is 1. The molecule has 13 rings (SSSR count). The van der Waals surface area contributed by atoms with Crippen LogP contribution in [0.4, 0.5) is 0 Å². The summed E-state index contributed by atoms with van der Waals surface area (Å²) in [6, 6.07) is 37.0. The highest BCUT2D eigenvalue weighted by Crippen LogP contribution is 2.24. The predicted molar refractivity (Wildman–Crippen MR) is 385 cm³/mol. The minimum atomic E-state index is -1.50. The average molecular weight is 1500 g/mol. The van der Waals surface area contributed by atoms with Crippen LogP contribution in [0.2, 0.25) is 0 Å². The van der Waals surface area contributed by atoms with Crippen LogP contribution in [-0.2, 0) is 115 Å². The molecule has 0 amide bonds. The van der Waals surface area contributed by atoms with Gasteiger partial charge in [0.25, 0.3) is 0 Å². The number of fused-ring (bicyclic) bond motifs is 3. The smallest absolute Gasteiger partial charge is 0.380 e. The standard InChI is InChI=1S/2C15H17NO.C11H14O5.C8H10BrNO.C8H10O4.C8H12O3.C6H4O4.C5H10O.CH3Cl/c2*1-2-4-13(5-3-1)12-16-9-6-14-8-11-17-15(14)7-10-16;1-3-15-11(13)7-9-8(4-5-16-9)6-10(12)14-2;9-8-5-6-1-3-10-4-2-7(6)11-8;1-2-11-8(10)7(9)6-4-3-5-12-6;9-4-1-7-3-6-11-8(7)2-5-10;7-5(6(8)9)4-2-1-3-10-4;1-5-3-2-4-6-5;1-2/h2*1-5,8,11H,6-7,9-10,12H2;4-5H,3,6-7H2,1-2H3;5,10H,1-4H2;3-5,7,9H,2H2,1H3;3,6,9-10H,1-2,4-5H2;1-3H,(H,8,9);5H,2-4H2,1H3;1H3. The van der Waals surface area contributed by atoms with E-state index in [1.54, 1.807) is 32.2 Å². The number of hydrogen-bond donors (Lipinski definition) is 5. The Bertz CT molecular complexity index is 3520. The van der Waals surface area contributed by atoms with Crippen LogP contribution >= 0.6 is 27.5 Å². The highest BCUT2D eigenvalue weighted by atomic mass is 79.9. The fourth-order valence-corrected chi connectivity index (χ4v) is 11.1. The molecule has 11 heterocycles. The van der Waals surface area contributed by atoms with Gasteiger partial charge < -0.3 is 75.6 Å². The lowest BCUT2D eigenvalue weighted by atomic mass is 10.1. The molecule has 0 radical (unpaired) electrons. The van der Waals surface area contributed by atoms with Crippen LogP contribution in [0.25, 0.3) is 0 Å². The Labute approximate surface area is 609 Å². The van der Waals surface area contributed by atoms with E-state index in [2.05, 4.69) is 142 Å². The number of carbonyl (C=O) groups excluding carboxylic acids is 4. The lowest BCUT2D eigenvalue weighted by Gasteiger charge is -2.19. The van der Waals surface area contributed by atoms with E-state index in [4.69, 9.17) is 51.3 Å². The molecule has 1 saturated heterocycles. The maximum Gasteiger partial charge on any atom is 0.380 e. The highest BCUT2D eigenvalue weighted by molar-refractivity contribution is 9.10. The maximum absolute atomic E-state index is 11.2. The van der Waals surface area contributed by atoms with E-state index in [9.17, 15) is 29.1 Å². The van der Waals surface area contributed by atoms with Gasteiger partial charge in [0.1, 0.15) is 41.0 Å². The SMILES string of the molecule is Brc1cc2c(o1)CCNCC2.CC1CCCO1.CCOC(=O)C(O)c1ccco1.CCOC(=O)Cc1occc1CC(=O)OC.CCl.O=C(O)C(=O)c1ccco1.OCCc1ccoc1CCO.c1ccc(CN2CCc3ccoc3CC2)cc1.c1ccc(CN2CCc3ccoc3CC2)cc1. The Morgan fingerprint density at radius 3 is 1.67 bits per heavy atom. The molecule has 0 spiro atoms. The molecule has 4 aliphatic rings. The number of methoxy groups -OCH3 is 1. The zero-order valence-electron chi connectivity index (χ0n) is 58.7. The minimum Gasteiger partial charge on any atom is -0.475 e. The van der Waals surface area contributed by atoms with Crippen molar-refractivity contribution in [3.8, 4) is 0 Å². The van der Waals surface area contributed by atoms with Gasteiger partial charge in [0.05, 0.1) is 77.0 Å². The number of carboxylic acids is 1. The second kappa shape index (κ2) is 49.1. The summed E-state index contributed by atoms with van der Waals surface area (Å²) >= 11 is 7.97. The van der Waals surface area contributed by atoms with Gasteiger partial charge in [-0.2, -0.15) is 0 Å². The van der Waals surface area contributed by atoms with Gasteiger partial charge in [-0.1, -0.05) is 60.7 Å². The van der Waals surface area contributed by atoms with Crippen molar-refractivity contribution < 1.29 is 94.3 Å². The van der Waals surface area contributed by atoms with Gasteiger partial charge in [-0.3, -0.25) is 24.2 Å². The van der Waals surface area contributed by atoms with Gasteiger partial charge in [0.2, 0.25) is 6.10 Å². The van der Waals surface area contributed by atoms with Crippen molar-refractivity contribution in [2.24, 2.45) is 0 Å². The van der Waals surface area contributed by atoms with Crippen LogP contribution in [0, 0.1) is 0 Å². The molecule has 0 aliphatic carbocycles. The molecular weight excluding hydrogens is 1400 g/mol. The number of aliphatic carboxylic acids is 1. The molecule has 2 atom stereocenters. The largest absolute Gasteiger partial charge is 0.475 e. The normalized spacial score (nSPS) is 14.5. The van der Waals surface area contributed by atoms with E-state index in [1.165, 1.54) is 103 Å². The van der Waals surface area contributed by atoms with E-state index in [0.717, 1.165) is 119 Å². The Morgan fingerprint density at radius 2 is 1.16 bits per heavy atom. The average Bonchev–Trinajstić information content (AvgIpc) is 1.74. The number of ketones is 1. The van der Waals surface area contributed by atoms with Crippen LogP contribution in [0.1, 0.15) is 124 Å². The lowest BCUT2D eigenvalue weighted by molar-refractivity contribution is -0.154. The van der Waals surface area contributed by atoms with E-state index in [-0.39, 0.29) is 56.1 Å². The molecule has 0 saturated carbocycles. The van der Waals surface area contributed by atoms with Crippen LogP contribution in [0.5, 0.6) is 0 Å². The van der Waals surface area contributed by atoms with Crippen molar-refractivity contribution in [2.45, 2.75) is 123 Å². The van der Waals surface area contributed by atoms with Crippen LogP contribution < -0.4 is 5.32 Å². The summed E-state index contributed by atoms with van der Waals surface area (Å²) < 4.78 is 55.9. The Hall–Kier alpha value is -8.56. The highest BCUT2D eigenvalue weighted by Gasteiger charge is 2.22. The van der Waals surface area contributed by atoms with E-state index in [0.29, 0.717) is 36.9 Å². The first kappa shape index (κ1) is 84.1. The van der Waals surface area contributed by atoms with Crippen molar-refractivity contribution in [1.82, 2.24) is 15.1 Å². The molecule has 0 bridgehead atoms. The number of aliphatic hydroxyl groups is 3. The maximum atomic E-state index is 11.2. The van der Waals surface area contributed by atoms with Crippen LogP contribution in [0.15, 0.2) is 188 Å². The third kappa shape index (κ3) is 31.4. The molecule has 554 valence electrons. The van der Waals surface area contributed by atoms with Gasteiger partial charge in [-0.05, 0) is 170 Å². The molecule has 4 aliphatic heterocycles. The number of aliphatic hydroxyl groups excluding tert-OH is 3. The zero-order valence-corrected chi connectivity index (χ0v) is 61.1. The first-order chi connectivity index (χ1) is 49.6. The molecule has 2 aromatic carbocycles.